The molecule has 0 atom stereocenters. The van der Waals surface area contributed by atoms with Gasteiger partial charge in [-0.1, -0.05) is 0 Å². The minimum atomic E-state index is -0.330. The van der Waals surface area contributed by atoms with E-state index in [2.05, 4.69) is 15.4 Å². The number of hydrogen-bond acceptors (Lipinski definition) is 6. The molecule has 30 heavy (non-hydrogen) atoms. The fourth-order valence-electron chi connectivity index (χ4n) is 3.09. The van der Waals surface area contributed by atoms with Gasteiger partial charge in [0.2, 0.25) is 0 Å². The fourth-order valence-corrected chi connectivity index (χ4v) is 3.09. The van der Waals surface area contributed by atoms with E-state index in [9.17, 15) is 4.79 Å². The molecule has 0 fully saturated rings. The van der Waals surface area contributed by atoms with Crippen molar-refractivity contribution in [2.24, 2.45) is 0 Å². The molecule has 2 aromatic carbocycles. The first-order valence-electron chi connectivity index (χ1n) is 9.15. The number of nitrogens with one attached hydrogen (secondary N) is 1. The van der Waals surface area contributed by atoms with Crippen LogP contribution in [0, 0.1) is 0 Å². The third-order valence-corrected chi connectivity index (χ3v) is 4.62. The van der Waals surface area contributed by atoms with E-state index in [-0.39, 0.29) is 11.6 Å². The summed E-state index contributed by atoms with van der Waals surface area (Å²) in [5.41, 5.74) is 3.08. The number of anilines is 1. The number of amides is 1. The second-order valence-electron chi connectivity index (χ2n) is 6.38. The Kier molecular flexibility index (Phi) is 5.21. The Balaban J connectivity index is 1.67. The Labute approximate surface area is 173 Å². The summed E-state index contributed by atoms with van der Waals surface area (Å²) in [4.78, 5) is 17.0. The smallest absolute Gasteiger partial charge is 0.276 e. The van der Waals surface area contributed by atoms with Gasteiger partial charge in [-0.05, 0) is 48.5 Å². The molecule has 0 bridgehead atoms. The third-order valence-electron chi connectivity index (χ3n) is 4.62. The van der Waals surface area contributed by atoms with E-state index in [0.717, 1.165) is 11.3 Å². The maximum absolute atomic E-state index is 12.7. The van der Waals surface area contributed by atoms with E-state index in [1.54, 1.807) is 62.4 Å². The van der Waals surface area contributed by atoms with E-state index in [1.807, 2.05) is 24.3 Å². The Bertz CT molecular complexity index is 1200. The number of carbonyl (C=O) groups is 1. The molecule has 8 nitrogen and oxygen atoms in total. The summed E-state index contributed by atoms with van der Waals surface area (Å²) in [5.74, 6) is 1.62. The zero-order valence-electron chi connectivity index (χ0n) is 16.7. The van der Waals surface area contributed by atoms with Crippen molar-refractivity contribution in [3.05, 3.63) is 66.5 Å². The van der Waals surface area contributed by atoms with Crippen LogP contribution in [0.15, 0.2) is 60.8 Å². The number of methoxy groups -OCH3 is 3. The second-order valence-corrected chi connectivity index (χ2v) is 6.38. The first-order chi connectivity index (χ1) is 14.6. The predicted octanol–water partition coefficient (Wildman–Crippen LogP) is 3.67. The normalized spacial score (nSPS) is 10.6. The minimum absolute atomic E-state index is 0.256. The molecule has 0 spiro atoms. The third kappa shape index (κ3) is 3.62. The highest BCUT2D eigenvalue weighted by Gasteiger charge is 2.15. The molecule has 0 aliphatic heterocycles. The lowest BCUT2D eigenvalue weighted by Gasteiger charge is -2.10. The molecule has 4 rings (SSSR count). The largest absolute Gasteiger partial charge is 0.497 e. The van der Waals surface area contributed by atoms with Crippen LogP contribution in [0.3, 0.4) is 0 Å². The lowest BCUT2D eigenvalue weighted by molar-refractivity contribution is 0.102. The van der Waals surface area contributed by atoms with Crippen molar-refractivity contribution in [3.8, 4) is 28.5 Å². The summed E-state index contributed by atoms with van der Waals surface area (Å²) in [6.07, 6.45) is 1.67. The Morgan fingerprint density at radius 2 is 1.67 bits per heavy atom. The highest BCUT2D eigenvalue weighted by Crippen LogP contribution is 2.32. The number of rotatable bonds is 6. The molecule has 0 saturated carbocycles. The number of aromatic nitrogens is 3. The highest BCUT2D eigenvalue weighted by molar-refractivity contribution is 6.03. The number of benzene rings is 2. The Morgan fingerprint density at radius 1 is 0.900 bits per heavy atom. The molecule has 2 heterocycles. The fraction of sp³-hybridized carbons (Fsp3) is 0.136. The molecule has 8 heteroatoms. The van der Waals surface area contributed by atoms with Crippen LogP contribution < -0.4 is 19.5 Å². The molecule has 0 saturated heterocycles. The number of ether oxygens (including phenoxy) is 3. The quantitative estimate of drug-likeness (QED) is 0.528. The summed E-state index contributed by atoms with van der Waals surface area (Å²) < 4.78 is 17.5. The summed E-state index contributed by atoms with van der Waals surface area (Å²) in [7, 11) is 4.76. The van der Waals surface area contributed by atoms with Crippen LogP contribution in [0.2, 0.25) is 0 Å². The number of hydrogen-bond donors (Lipinski definition) is 1. The van der Waals surface area contributed by atoms with E-state index in [4.69, 9.17) is 14.2 Å². The molecule has 0 unspecified atom stereocenters. The first-order valence-corrected chi connectivity index (χ1v) is 9.15. The summed E-state index contributed by atoms with van der Waals surface area (Å²) in [6.45, 7) is 0. The van der Waals surface area contributed by atoms with Crippen molar-refractivity contribution >= 4 is 17.2 Å². The van der Waals surface area contributed by atoms with Crippen LogP contribution in [0.1, 0.15) is 10.5 Å². The zero-order chi connectivity index (χ0) is 21.1. The summed E-state index contributed by atoms with van der Waals surface area (Å²) >= 11 is 0. The maximum Gasteiger partial charge on any atom is 0.276 e. The SMILES string of the molecule is COc1ccc(NC(=O)c2cc3nccc(-c4ccc(OC)c(OC)c4)n3n2)cc1. The second kappa shape index (κ2) is 8.12. The van der Waals surface area contributed by atoms with Gasteiger partial charge in [0, 0.05) is 23.5 Å². The van der Waals surface area contributed by atoms with Gasteiger partial charge in [0.25, 0.3) is 5.91 Å². The van der Waals surface area contributed by atoms with Gasteiger partial charge in [0.05, 0.1) is 27.0 Å². The average Bonchev–Trinajstić information content (AvgIpc) is 3.24. The van der Waals surface area contributed by atoms with Crippen LogP contribution >= 0.6 is 0 Å². The van der Waals surface area contributed by atoms with Gasteiger partial charge >= 0.3 is 0 Å². The van der Waals surface area contributed by atoms with Crippen LogP contribution in [0.4, 0.5) is 5.69 Å². The van der Waals surface area contributed by atoms with E-state index < -0.39 is 0 Å². The van der Waals surface area contributed by atoms with Crippen LogP contribution in [-0.2, 0) is 0 Å². The van der Waals surface area contributed by atoms with Gasteiger partial charge in [-0.15, -0.1) is 0 Å². The molecule has 1 amide bonds. The van der Waals surface area contributed by atoms with E-state index in [1.165, 1.54) is 0 Å². The monoisotopic (exact) mass is 404 g/mol. The highest BCUT2D eigenvalue weighted by atomic mass is 16.5. The van der Waals surface area contributed by atoms with Gasteiger partial charge in [-0.25, -0.2) is 9.50 Å². The summed E-state index contributed by atoms with van der Waals surface area (Å²) in [6, 6.07) is 16.1. The molecule has 152 valence electrons. The number of fused-ring (bicyclic) bond motifs is 1. The molecule has 1 N–H and O–H groups in total. The minimum Gasteiger partial charge on any atom is -0.497 e. The first kappa shape index (κ1) is 19.3. The van der Waals surface area contributed by atoms with E-state index >= 15 is 0 Å². The Morgan fingerprint density at radius 3 is 2.37 bits per heavy atom. The lowest BCUT2D eigenvalue weighted by atomic mass is 10.1. The lowest BCUT2D eigenvalue weighted by Crippen LogP contribution is -2.12. The number of carbonyl (C=O) groups excluding carboxylic acids is 1. The zero-order valence-corrected chi connectivity index (χ0v) is 16.7. The number of nitrogens with zero attached hydrogens (tertiary/aromatic N) is 3. The van der Waals surface area contributed by atoms with Crippen molar-refractivity contribution in [2.75, 3.05) is 26.6 Å². The molecule has 2 aromatic heterocycles. The molecule has 0 aliphatic carbocycles. The predicted molar refractivity (Wildman–Crippen MR) is 112 cm³/mol. The average molecular weight is 404 g/mol. The van der Waals surface area contributed by atoms with Crippen molar-refractivity contribution in [1.82, 2.24) is 14.6 Å². The molecule has 0 radical (unpaired) electrons. The van der Waals surface area contributed by atoms with Crippen LogP contribution in [0.5, 0.6) is 17.2 Å². The Hall–Kier alpha value is -4.07. The van der Waals surface area contributed by atoms with Crippen molar-refractivity contribution < 1.29 is 19.0 Å². The standard InChI is InChI=1S/C22H20N4O4/c1-28-16-7-5-15(6-8-16)24-22(27)17-13-21-23-11-10-18(26(21)25-17)14-4-9-19(29-2)20(12-14)30-3/h4-13H,1-3H3,(H,24,27). The molecular formula is C22H20N4O4. The van der Waals surface area contributed by atoms with E-state index in [0.29, 0.717) is 28.6 Å². The maximum atomic E-state index is 12.7. The molecular weight excluding hydrogens is 384 g/mol. The van der Waals surface area contributed by atoms with Crippen LogP contribution in [-0.4, -0.2) is 41.8 Å². The van der Waals surface area contributed by atoms with Gasteiger partial charge in [-0.2, -0.15) is 5.10 Å². The van der Waals surface area contributed by atoms with Crippen LogP contribution in [0.25, 0.3) is 16.9 Å². The molecule has 0 aliphatic rings. The van der Waals surface area contributed by atoms with Crippen molar-refractivity contribution in [3.63, 3.8) is 0 Å². The van der Waals surface area contributed by atoms with Crippen molar-refractivity contribution in [1.29, 1.82) is 0 Å². The van der Waals surface area contributed by atoms with Gasteiger partial charge < -0.3 is 19.5 Å². The van der Waals surface area contributed by atoms with Gasteiger partial charge in [0.15, 0.2) is 22.8 Å². The van der Waals surface area contributed by atoms with Gasteiger partial charge in [-0.3, -0.25) is 4.79 Å². The van der Waals surface area contributed by atoms with Gasteiger partial charge in [0.1, 0.15) is 5.75 Å². The topological polar surface area (TPSA) is 87.0 Å². The van der Waals surface area contributed by atoms with Crippen molar-refractivity contribution in [2.45, 2.75) is 0 Å². The summed E-state index contributed by atoms with van der Waals surface area (Å²) in [5, 5.41) is 7.29. The molecule has 4 aromatic rings.